The van der Waals surface area contributed by atoms with Crippen LogP contribution in [0.1, 0.15) is 50.3 Å². The van der Waals surface area contributed by atoms with Crippen LogP contribution in [0.15, 0.2) is 24.4 Å². The molecule has 1 saturated carbocycles. The van der Waals surface area contributed by atoms with E-state index in [1.807, 2.05) is 0 Å². The van der Waals surface area contributed by atoms with Crippen molar-refractivity contribution in [3.05, 3.63) is 35.7 Å². The Morgan fingerprint density at radius 1 is 1.39 bits per heavy atom. The van der Waals surface area contributed by atoms with E-state index in [0.29, 0.717) is 24.5 Å². The number of rotatable bonds is 8. The maximum absolute atomic E-state index is 13.7. The van der Waals surface area contributed by atoms with Gasteiger partial charge >= 0.3 is 6.09 Å². The number of anilines is 1. The van der Waals surface area contributed by atoms with Crippen molar-refractivity contribution in [1.29, 1.82) is 0 Å². The van der Waals surface area contributed by atoms with E-state index in [1.165, 1.54) is 18.9 Å². The summed E-state index contributed by atoms with van der Waals surface area (Å²) < 4.78 is 18.8. The Balaban J connectivity index is 1.59. The Bertz CT molecular complexity index is 919. The molecule has 2 aromatic heterocycles. The Morgan fingerprint density at radius 3 is 2.84 bits per heavy atom. The van der Waals surface area contributed by atoms with Gasteiger partial charge in [0.25, 0.3) is 0 Å². The molecule has 1 fully saturated rings. The highest BCUT2D eigenvalue weighted by molar-refractivity contribution is 5.91. The van der Waals surface area contributed by atoms with Gasteiger partial charge in [-0.1, -0.05) is 0 Å². The summed E-state index contributed by atoms with van der Waals surface area (Å²) in [5.74, 6) is 0.690. The van der Waals surface area contributed by atoms with E-state index in [0.717, 1.165) is 17.7 Å². The molecule has 0 aliphatic heterocycles. The first kappa shape index (κ1) is 22.5. The number of aromatic amines is 1. The molecule has 168 valence electrons. The summed E-state index contributed by atoms with van der Waals surface area (Å²) in [6, 6.07) is 4.25. The van der Waals surface area contributed by atoms with Crippen molar-refractivity contribution in [3.8, 4) is 5.88 Å². The van der Waals surface area contributed by atoms with Crippen LogP contribution in [0.5, 0.6) is 5.88 Å². The number of nitrogens with one attached hydrogen (secondary N) is 2. The van der Waals surface area contributed by atoms with Crippen LogP contribution in [0.4, 0.5) is 15.0 Å². The molecule has 3 rings (SSSR count). The first-order valence-corrected chi connectivity index (χ1v) is 10.3. The number of hydrogen-bond donors (Lipinski definition) is 3. The lowest BCUT2D eigenvalue weighted by atomic mass is 10.0. The molecule has 2 aromatic rings. The second kappa shape index (κ2) is 9.76. The fraction of sp³-hybridized carbons (Fsp3) is 0.524. The number of carbonyl (C=O) groups excluding carboxylic acids is 1. The number of carboxylic acid groups (broad SMARTS) is 1. The van der Waals surface area contributed by atoms with Gasteiger partial charge in [0.05, 0.1) is 19.6 Å². The zero-order valence-corrected chi connectivity index (χ0v) is 17.8. The molecule has 10 heteroatoms. The smallest absolute Gasteiger partial charge is 0.407 e. The van der Waals surface area contributed by atoms with Crippen LogP contribution in [0, 0.1) is 0 Å². The zero-order chi connectivity index (χ0) is 22.5. The highest BCUT2D eigenvalue weighted by Gasteiger charge is 2.37. The van der Waals surface area contributed by atoms with Crippen molar-refractivity contribution in [2.75, 3.05) is 12.4 Å². The van der Waals surface area contributed by atoms with Crippen molar-refractivity contribution in [2.45, 2.75) is 63.7 Å². The quantitative estimate of drug-likeness (QED) is 0.587. The molecular formula is C21H28FN5O4. The molecule has 2 heterocycles. The summed E-state index contributed by atoms with van der Waals surface area (Å²) in [5.41, 5.74) is 1.60. The van der Waals surface area contributed by atoms with Gasteiger partial charge in [-0.2, -0.15) is 5.10 Å². The molecule has 4 atom stereocenters. The largest absolute Gasteiger partial charge is 0.481 e. The summed E-state index contributed by atoms with van der Waals surface area (Å²) in [7, 11) is 1.51. The molecule has 0 aromatic carbocycles. The Hall–Kier alpha value is -3.17. The number of ether oxygens (including phenoxy) is 1. The SMILES string of the molecule is COc1cc(CC(=O)Nc2cc([C@H]3CC[C@@H](N(C(=O)O)[C@@H](C)[C@H](C)F)C3)[nH]n2)ccn1. The predicted octanol–water partition coefficient (Wildman–Crippen LogP) is 3.36. The van der Waals surface area contributed by atoms with Crippen molar-refractivity contribution in [2.24, 2.45) is 0 Å². The standard InChI is InChI=1S/C21H28FN5O4/c1-12(22)13(2)27(21(29)30)16-5-4-15(10-16)17-11-18(26-25-17)24-19(28)8-14-6-7-23-20(9-14)31-3/h6-7,9,11-13,15-16H,4-5,8,10H2,1-3H3,(H,29,30)(H2,24,25,26,28)/t12-,13-,15-,16+/m0/s1. The van der Waals surface area contributed by atoms with E-state index in [4.69, 9.17) is 4.74 Å². The number of hydrogen-bond acceptors (Lipinski definition) is 5. The molecule has 0 bridgehead atoms. The maximum atomic E-state index is 13.7. The molecule has 2 amide bonds. The first-order valence-electron chi connectivity index (χ1n) is 10.3. The summed E-state index contributed by atoms with van der Waals surface area (Å²) in [6.07, 6.45) is 1.37. The van der Waals surface area contributed by atoms with Crippen LogP contribution < -0.4 is 10.1 Å². The molecule has 31 heavy (non-hydrogen) atoms. The van der Waals surface area contributed by atoms with Gasteiger partial charge in [0.1, 0.15) is 6.17 Å². The van der Waals surface area contributed by atoms with E-state index >= 15 is 0 Å². The van der Waals surface area contributed by atoms with Crippen molar-refractivity contribution in [1.82, 2.24) is 20.1 Å². The van der Waals surface area contributed by atoms with Gasteiger partial charge in [-0.15, -0.1) is 0 Å². The Labute approximate surface area is 180 Å². The Morgan fingerprint density at radius 2 is 2.16 bits per heavy atom. The molecule has 0 saturated heterocycles. The van der Waals surface area contributed by atoms with Gasteiger partial charge in [0.2, 0.25) is 11.8 Å². The van der Waals surface area contributed by atoms with E-state index in [-0.39, 0.29) is 24.3 Å². The average molecular weight is 433 g/mol. The number of amides is 2. The van der Waals surface area contributed by atoms with E-state index in [2.05, 4.69) is 20.5 Å². The molecule has 0 spiro atoms. The van der Waals surface area contributed by atoms with Crippen LogP contribution in [0.2, 0.25) is 0 Å². The van der Waals surface area contributed by atoms with E-state index in [1.54, 1.807) is 31.3 Å². The summed E-state index contributed by atoms with van der Waals surface area (Å²) in [5, 5.41) is 19.4. The van der Waals surface area contributed by atoms with Gasteiger partial charge in [0.15, 0.2) is 5.82 Å². The van der Waals surface area contributed by atoms with Crippen LogP contribution >= 0.6 is 0 Å². The van der Waals surface area contributed by atoms with Gasteiger partial charge in [0, 0.05) is 36.0 Å². The van der Waals surface area contributed by atoms with Crippen LogP contribution in [0.25, 0.3) is 0 Å². The monoisotopic (exact) mass is 433 g/mol. The second-order valence-corrected chi connectivity index (χ2v) is 7.91. The molecule has 9 nitrogen and oxygen atoms in total. The summed E-state index contributed by atoms with van der Waals surface area (Å²) in [4.78, 5) is 29.2. The second-order valence-electron chi connectivity index (χ2n) is 7.91. The van der Waals surface area contributed by atoms with Gasteiger partial charge < -0.3 is 15.2 Å². The number of alkyl halides is 1. The van der Waals surface area contributed by atoms with E-state index in [9.17, 15) is 19.1 Å². The number of halogens is 1. The highest BCUT2D eigenvalue weighted by atomic mass is 19.1. The third-order valence-electron chi connectivity index (χ3n) is 5.80. The molecule has 1 aliphatic rings. The number of nitrogens with zero attached hydrogens (tertiary/aromatic N) is 3. The van der Waals surface area contributed by atoms with Crippen molar-refractivity contribution >= 4 is 17.8 Å². The van der Waals surface area contributed by atoms with Gasteiger partial charge in [-0.3, -0.25) is 14.8 Å². The molecule has 1 aliphatic carbocycles. The maximum Gasteiger partial charge on any atom is 0.407 e. The molecule has 3 N–H and O–H groups in total. The van der Waals surface area contributed by atoms with Crippen molar-refractivity contribution in [3.63, 3.8) is 0 Å². The lowest BCUT2D eigenvalue weighted by Crippen LogP contribution is -2.47. The van der Waals surface area contributed by atoms with Crippen LogP contribution in [-0.4, -0.2) is 62.6 Å². The third kappa shape index (κ3) is 5.50. The fourth-order valence-electron chi connectivity index (χ4n) is 4.03. The van der Waals surface area contributed by atoms with Crippen LogP contribution in [0.3, 0.4) is 0 Å². The normalized spacial score (nSPS) is 20.1. The van der Waals surface area contributed by atoms with E-state index < -0.39 is 18.3 Å². The van der Waals surface area contributed by atoms with Crippen LogP contribution in [-0.2, 0) is 11.2 Å². The average Bonchev–Trinajstić information content (AvgIpc) is 3.37. The summed E-state index contributed by atoms with van der Waals surface area (Å²) >= 11 is 0. The molecular weight excluding hydrogens is 405 g/mol. The highest BCUT2D eigenvalue weighted by Crippen LogP contribution is 2.37. The zero-order valence-electron chi connectivity index (χ0n) is 17.8. The van der Waals surface area contributed by atoms with Gasteiger partial charge in [-0.25, -0.2) is 14.2 Å². The molecule has 0 unspecified atom stereocenters. The minimum atomic E-state index is -1.25. The number of methoxy groups -OCH3 is 1. The topological polar surface area (TPSA) is 120 Å². The number of H-pyrrole nitrogens is 1. The summed E-state index contributed by atoms with van der Waals surface area (Å²) in [6.45, 7) is 2.97. The molecule has 0 radical (unpaired) electrons. The lowest BCUT2D eigenvalue weighted by molar-refractivity contribution is -0.115. The number of aromatic nitrogens is 3. The fourth-order valence-corrected chi connectivity index (χ4v) is 4.03. The predicted molar refractivity (Wildman–Crippen MR) is 112 cm³/mol. The van der Waals surface area contributed by atoms with Gasteiger partial charge in [-0.05, 0) is 44.7 Å². The first-order chi connectivity index (χ1) is 14.8. The van der Waals surface area contributed by atoms with Crippen molar-refractivity contribution < 1.29 is 23.8 Å². The minimum Gasteiger partial charge on any atom is -0.481 e. The number of carbonyl (C=O) groups is 2. The number of pyridine rings is 1. The third-order valence-corrected chi connectivity index (χ3v) is 5.80. The minimum absolute atomic E-state index is 0.0663. The lowest BCUT2D eigenvalue weighted by Gasteiger charge is -2.33. The Kier molecular flexibility index (Phi) is 7.09.